The maximum Gasteiger partial charge on any atom is 0.172 e. The maximum atomic E-state index is 10.7. The topological polar surface area (TPSA) is 73.2 Å². The molecule has 0 fully saturated rings. The lowest BCUT2D eigenvalue weighted by molar-refractivity contribution is 0.406. The Labute approximate surface area is 193 Å². The van der Waals surface area contributed by atoms with Gasteiger partial charge in [0.25, 0.3) is 0 Å². The average molecular weight is 442 g/mol. The molecule has 0 spiro atoms. The van der Waals surface area contributed by atoms with Gasteiger partial charge >= 0.3 is 0 Å². The zero-order valence-electron chi connectivity index (χ0n) is 19.1. The SMILES string of the molecule is Cc1ccc(O)c(N(c2cccc(Oc3c(C)ccc(C)c3O)c2)c2cc(C)ccc2O)c1. The third-order valence-corrected chi connectivity index (χ3v) is 5.57. The van der Waals surface area contributed by atoms with Crippen LogP contribution in [0.3, 0.4) is 0 Å². The van der Waals surface area contributed by atoms with E-state index >= 15 is 0 Å². The zero-order chi connectivity index (χ0) is 23.7. The van der Waals surface area contributed by atoms with Crippen LogP contribution in [-0.2, 0) is 0 Å². The van der Waals surface area contributed by atoms with Crippen molar-refractivity contribution in [2.24, 2.45) is 0 Å². The summed E-state index contributed by atoms with van der Waals surface area (Å²) in [5.74, 6) is 1.18. The van der Waals surface area contributed by atoms with Crippen LogP contribution in [0.5, 0.6) is 28.7 Å². The zero-order valence-corrected chi connectivity index (χ0v) is 19.1. The van der Waals surface area contributed by atoms with Gasteiger partial charge in [-0.2, -0.15) is 0 Å². The van der Waals surface area contributed by atoms with E-state index in [0.717, 1.165) is 22.3 Å². The van der Waals surface area contributed by atoms with Gasteiger partial charge in [-0.1, -0.05) is 30.3 Å². The number of anilines is 3. The van der Waals surface area contributed by atoms with Crippen molar-refractivity contribution in [1.82, 2.24) is 0 Å². The molecule has 0 aliphatic rings. The van der Waals surface area contributed by atoms with Crippen LogP contribution in [0.2, 0.25) is 0 Å². The summed E-state index contributed by atoms with van der Waals surface area (Å²) in [7, 11) is 0. The first-order valence-electron chi connectivity index (χ1n) is 10.7. The highest BCUT2D eigenvalue weighted by atomic mass is 16.5. The van der Waals surface area contributed by atoms with Crippen LogP contribution in [0, 0.1) is 27.7 Å². The molecule has 0 saturated heterocycles. The van der Waals surface area contributed by atoms with Gasteiger partial charge in [-0.15, -0.1) is 0 Å². The minimum Gasteiger partial charge on any atom is -0.506 e. The van der Waals surface area contributed by atoms with E-state index in [9.17, 15) is 15.3 Å². The Morgan fingerprint density at radius 2 is 1.21 bits per heavy atom. The molecule has 5 nitrogen and oxygen atoms in total. The molecule has 4 aromatic rings. The summed E-state index contributed by atoms with van der Waals surface area (Å²) in [6.07, 6.45) is 0. The van der Waals surface area contributed by atoms with Gasteiger partial charge < -0.3 is 25.0 Å². The summed E-state index contributed by atoms with van der Waals surface area (Å²) in [5, 5.41) is 31.9. The van der Waals surface area contributed by atoms with Crippen molar-refractivity contribution in [2.75, 3.05) is 4.90 Å². The quantitative estimate of drug-likeness (QED) is 0.303. The number of aryl methyl sites for hydroxylation is 4. The van der Waals surface area contributed by atoms with Crippen LogP contribution in [0.25, 0.3) is 0 Å². The van der Waals surface area contributed by atoms with Gasteiger partial charge in [-0.05, 0) is 86.3 Å². The van der Waals surface area contributed by atoms with Gasteiger partial charge in [0, 0.05) is 6.07 Å². The Bertz CT molecular complexity index is 1280. The molecule has 33 heavy (non-hydrogen) atoms. The van der Waals surface area contributed by atoms with Gasteiger partial charge in [0.2, 0.25) is 0 Å². The molecule has 0 aliphatic heterocycles. The Hall–Kier alpha value is -4.12. The lowest BCUT2D eigenvalue weighted by atomic mass is 10.1. The minimum atomic E-state index is 0.0833. The number of aromatic hydroxyl groups is 3. The first kappa shape index (κ1) is 22.1. The highest BCUT2D eigenvalue weighted by Gasteiger charge is 2.20. The van der Waals surface area contributed by atoms with Gasteiger partial charge in [0.1, 0.15) is 17.2 Å². The Balaban J connectivity index is 1.86. The van der Waals surface area contributed by atoms with Gasteiger partial charge in [-0.3, -0.25) is 0 Å². The van der Waals surface area contributed by atoms with Crippen LogP contribution in [0.1, 0.15) is 22.3 Å². The fraction of sp³-hybridized carbons (Fsp3) is 0.143. The third kappa shape index (κ3) is 4.44. The Morgan fingerprint density at radius 3 is 1.82 bits per heavy atom. The standard InChI is InChI=1S/C28H27NO4/c1-17-8-12-25(30)23(14-17)29(24-15-18(2)9-13-26(24)31)21-6-5-7-22(16-21)33-28-20(4)11-10-19(3)27(28)32/h5-16,30-32H,1-4H3. The van der Waals surface area contributed by atoms with Crippen LogP contribution in [0.15, 0.2) is 72.8 Å². The van der Waals surface area contributed by atoms with E-state index in [0.29, 0.717) is 28.6 Å². The molecule has 0 saturated carbocycles. The predicted molar refractivity (Wildman–Crippen MR) is 132 cm³/mol. The summed E-state index contributed by atoms with van der Waals surface area (Å²) in [6.45, 7) is 7.58. The molecule has 0 heterocycles. The molecule has 4 aromatic carbocycles. The van der Waals surface area contributed by atoms with Crippen molar-refractivity contribution in [1.29, 1.82) is 0 Å². The predicted octanol–water partition coefficient (Wildman–Crippen LogP) is 7.30. The second kappa shape index (κ2) is 8.79. The molecule has 0 atom stereocenters. The average Bonchev–Trinajstić information content (AvgIpc) is 2.79. The normalized spacial score (nSPS) is 10.8. The van der Waals surface area contributed by atoms with Crippen LogP contribution in [0.4, 0.5) is 17.1 Å². The van der Waals surface area contributed by atoms with Crippen molar-refractivity contribution in [3.8, 4) is 28.7 Å². The highest BCUT2D eigenvalue weighted by Crippen LogP contribution is 2.45. The molecule has 168 valence electrons. The summed E-state index contributed by atoms with van der Waals surface area (Å²) in [6, 6.07) is 21.7. The summed E-state index contributed by atoms with van der Waals surface area (Å²) in [4.78, 5) is 1.79. The fourth-order valence-corrected chi connectivity index (χ4v) is 3.74. The molecule has 0 aliphatic carbocycles. The number of benzene rings is 4. The highest BCUT2D eigenvalue weighted by molar-refractivity contribution is 5.83. The minimum absolute atomic E-state index is 0.0833. The first-order valence-corrected chi connectivity index (χ1v) is 10.7. The van der Waals surface area contributed by atoms with E-state index in [2.05, 4.69) is 0 Å². The molecular formula is C28H27NO4. The number of hydrogen-bond acceptors (Lipinski definition) is 5. The van der Waals surface area contributed by atoms with Crippen LogP contribution >= 0.6 is 0 Å². The summed E-state index contributed by atoms with van der Waals surface area (Å²) < 4.78 is 6.09. The van der Waals surface area contributed by atoms with Gasteiger partial charge in [0.05, 0.1) is 17.1 Å². The van der Waals surface area contributed by atoms with E-state index in [-0.39, 0.29) is 17.2 Å². The van der Waals surface area contributed by atoms with E-state index in [4.69, 9.17) is 4.74 Å². The molecule has 0 unspecified atom stereocenters. The molecule has 4 rings (SSSR count). The summed E-state index contributed by atoms with van der Waals surface area (Å²) >= 11 is 0. The summed E-state index contributed by atoms with van der Waals surface area (Å²) in [5.41, 5.74) is 5.21. The molecule has 0 amide bonds. The van der Waals surface area contributed by atoms with Gasteiger partial charge in [-0.25, -0.2) is 0 Å². The van der Waals surface area contributed by atoms with Gasteiger partial charge in [0.15, 0.2) is 11.5 Å². The lowest BCUT2D eigenvalue weighted by Gasteiger charge is -2.27. The van der Waals surface area contributed by atoms with E-state index in [1.54, 1.807) is 23.1 Å². The number of nitrogens with zero attached hydrogens (tertiary/aromatic N) is 1. The Morgan fingerprint density at radius 1 is 0.636 bits per heavy atom. The van der Waals surface area contributed by atoms with E-state index < -0.39 is 0 Å². The number of hydrogen-bond donors (Lipinski definition) is 3. The molecule has 5 heteroatoms. The first-order chi connectivity index (χ1) is 15.7. The second-order valence-electron chi connectivity index (χ2n) is 8.30. The van der Waals surface area contributed by atoms with Crippen molar-refractivity contribution in [3.05, 3.63) is 95.1 Å². The fourth-order valence-electron chi connectivity index (χ4n) is 3.74. The number of ether oxygens (including phenoxy) is 1. The molecule has 3 N–H and O–H groups in total. The lowest BCUT2D eigenvalue weighted by Crippen LogP contribution is -2.11. The van der Waals surface area contributed by atoms with Crippen molar-refractivity contribution < 1.29 is 20.1 Å². The van der Waals surface area contributed by atoms with Crippen LogP contribution < -0.4 is 9.64 Å². The van der Waals surface area contributed by atoms with E-state index in [1.165, 1.54) is 0 Å². The molecular weight excluding hydrogens is 414 g/mol. The van der Waals surface area contributed by atoms with Crippen molar-refractivity contribution in [2.45, 2.75) is 27.7 Å². The third-order valence-electron chi connectivity index (χ3n) is 5.57. The number of rotatable bonds is 5. The Kier molecular flexibility index (Phi) is 5.88. The smallest absolute Gasteiger partial charge is 0.172 e. The second-order valence-corrected chi connectivity index (χ2v) is 8.30. The van der Waals surface area contributed by atoms with E-state index in [1.807, 2.05) is 82.3 Å². The number of phenols is 3. The maximum absolute atomic E-state index is 10.7. The molecule has 0 aromatic heterocycles. The largest absolute Gasteiger partial charge is 0.506 e. The molecule has 0 bridgehead atoms. The molecule has 0 radical (unpaired) electrons. The van der Waals surface area contributed by atoms with Crippen molar-refractivity contribution >= 4 is 17.1 Å². The monoisotopic (exact) mass is 441 g/mol. The number of phenolic OH excluding ortho intramolecular Hbond substituents is 3. The van der Waals surface area contributed by atoms with Crippen LogP contribution in [-0.4, -0.2) is 15.3 Å². The van der Waals surface area contributed by atoms with Crippen molar-refractivity contribution in [3.63, 3.8) is 0 Å².